The molecule has 1 aromatic rings. The Morgan fingerprint density at radius 1 is 1.55 bits per heavy atom. The van der Waals surface area contributed by atoms with Crippen molar-refractivity contribution >= 4 is 0 Å². The number of hydrogen-bond acceptors (Lipinski definition) is 0. The predicted molar refractivity (Wildman–Crippen MR) is 49.7 cm³/mol. The van der Waals surface area contributed by atoms with Gasteiger partial charge in [0.15, 0.2) is 0 Å². The van der Waals surface area contributed by atoms with Crippen LogP contribution >= 0.6 is 0 Å². The molecule has 0 amide bonds. The smallest absolute Gasteiger partial charge is 0.0316 e. The molecule has 0 aliphatic rings. The van der Waals surface area contributed by atoms with Crippen LogP contribution in [-0.4, -0.2) is 0 Å². The summed E-state index contributed by atoms with van der Waals surface area (Å²) in [6, 6.07) is 10.1. The number of benzene rings is 1. The first-order valence-corrected chi connectivity index (χ1v) is 3.85. The first kappa shape index (κ1) is 6.66. The van der Waals surface area contributed by atoms with Gasteiger partial charge in [-0.3, -0.25) is 0 Å². The van der Waals surface area contributed by atoms with Gasteiger partial charge in [0.2, 0.25) is 0 Å². The zero-order valence-electron chi connectivity index (χ0n) is 7.83. The second-order valence-electron chi connectivity index (χ2n) is 2.63. The second kappa shape index (κ2) is 3.97. The van der Waals surface area contributed by atoms with Crippen LogP contribution in [0.25, 0.3) is 0 Å². The van der Waals surface area contributed by atoms with E-state index in [1.165, 1.54) is 5.56 Å². The standard InChI is InChI=1S/C11H14/c1-3-7-10(2)11-8-5-4-6-9-11/h3-6,8-10H,1,7H2,2H3/t10-/m1/s1/i7D/t7-,10+/m0. The molecule has 11 heavy (non-hydrogen) atoms. The third kappa shape index (κ3) is 2.23. The van der Waals surface area contributed by atoms with Crippen molar-refractivity contribution in [3.63, 3.8) is 0 Å². The number of allylic oxidation sites excluding steroid dienone is 1. The van der Waals surface area contributed by atoms with E-state index in [0.29, 0.717) is 0 Å². The summed E-state index contributed by atoms with van der Waals surface area (Å²) in [5.41, 5.74) is 1.21. The number of hydrogen-bond donors (Lipinski definition) is 0. The van der Waals surface area contributed by atoms with Crippen LogP contribution in [0.4, 0.5) is 0 Å². The number of rotatable bonds is 3. The molecule has 0 aliphatic carbocycles. The first-order valence-electron chi connectivity index (χ1n) is 4.43. The quantitative estimate of drug-likeness (QED) is 0.575. The highest BCUT2D eigenvalue weighted by molar-refractivity contribution is 5.19. The van der Waals surface area contributed by atoms with E-state index >= 15 is 0 Å². The highest BCUT2D eigenvalue weighted by Crippen LogP contribution is 2.17. The van der Waals surface area contributed by atoms with E-state index in [-0.39, 0.29) is 12.3 Å². The van der Waals surface area contributed by atoms with Gasteiger partial charge in [-0.25, -0.2) is 0 Å². The van der Waals surface area contributed by atoms with Crippen LogP contribution in [-0.2, 0) is 0 Å². The maximum absolute atomic E-state index is 7.65. The molecule has 0 spiro atoms. The van der Waals surface area contributed by atoms with Crippen molar-refractivity contribution in [2.24, 2.45) is 0 Å². The van der Waals surface area contributed by atoms with Gasteiger partial charge < -0.3 is 0 Å². The normalized spacial score (nSPS) is 16.6. The molecule has 0 aromatic heterocycles. The lowest BCUT2D eigenvalue weighted by atomic mass is 9.98. The van der Waals surface area contributed by atoms with Gasteiger partial charge in [0.25, 0.3) is 0 Å². The molecule has 0 nitrogen and oxygen atoms in total. The van der Waals surface area contributed by atoms with Crippen LogP contribution < -0.4 is 0 Å². The van der Waals surface area contributed by atoms with Gasteiger partial charge >= 0.3 is 0 Å². The summed E-state index contributed by atoms with van der Waals surface area (Å²) >= 11 is 0. The Balaban J connectivity index is 2.78. The average Bonchev–Trinajstić information content (AvgIpc) is 2.17. The Morgan fingerprint density at radius 3 is 2.73 bits per heavy atom. The molecule has 0 unspecified atom stereocenters. The molecular weight excluding hydrogens is 132 g/mol. The van der Waals surface area contributed by atoms with Crippen LogP contribution in [0, 0.1) is 0 Å². The van der Waals surface area contributed by atoms with Crippen LogP contribution in [0.3, 0.4) is 0 Å². The second-order valence-corrected chi connectivity index (χ2v) is 2.63. The fourth-order valence-electron chi connectivity index (χ4n) is 1.07. The van der Waals surface area contributed by atoms with Gasteiger partial charge in [0.05, 0.1) is 0 Å². The van der Waals surface area contributed by atoms with E-state index in [1.54, 1.807) is 6.08 Å². The fourth-order valence-corrected chi connectivity index (χ4v) is 1.07. The molecule has 1 aromatic carbocycles. The van der Waals surface area contributed by atoms with Crippen molar-refractivity contribution in [3.05, 3.63) is 48.6 Å². The van der Waals surface area contributed by atoms with E-state index in [2.05, 4.69) is 25.6 Å². The summed E-state index contributed by atoms with van der Waals surface area (Å²) in [6.45, 7) is 5.67. The highest BCUT2D eigenvalue weighted by atomic mass is 14.0. The van der Waals surface area contributed by atoms with Gasteiger partial charge in [-0.1, -0.05) is 43.3 Å². The van der Waals surface area contributed by atoms with Gasteiger partial charge in [-0.15, -0.1) is 6.58 Å². The molecule has 0 N–H and O–H groups in total. The van der Waals surface area contributed by atoms with Crippen LogP contribution in [0.1, 0.15) is 26.2 Å². The molecule has 0 saturated heterocycles. The van der Waals surface area contributed by atoms with Gasteiger partial charge in [0, 0.05) is 1.37 Å². The van der Waals surface area contributed by atoms with E-state index in [9.17, 15) is 0 Å². The molecule has 0 saturated carbocycles. The van der Waals surface area contributed by atoms with E-state index in [1.807, 2.05) is 18.2 Å². The van der Waals surface area contributed by atoms with Gasteiger partial charge in [-0.2, -0.15) is 0 Å². The van der Waals surface area contributed by atoms with Crippen molar-refractivity contribution in [2.75, 3.05) is 0 Å². The Labute approximate surface area is 70.0 Å². The minimum absolute atomic E-state index is 0.201. The van der Waals surface area contributed by atoms with Gasteiger partial charge in [0.1, 0.15) is 0 Å². The predicted octanol–water partition coefficient (Wildman–Crippen LogP) is 3.37. The highest BCUT2D eigenvalue weighted by Gasteiger charge is 2.00. The Morgan fingerprint density at radius 2 is 2.18 bits per heavy atom. The lowest BCUT2D eigenvalue weighted by Gasteiger charge is -2.07. The van der Waals surface area contributed by atoms with Crippen LogP contribution in [0.2, 0.25) is 0 Å². The molecule has 0 radical (unpaired) electrons. The van der Waals surface area contributed by atoms with Crippen molar-refractivity contribution in [1.29, 1.82) is 0 Å². The molecule has 2 atom stereocenters. The average molecular weight is 147 g/mol. The van der Waals surface area contributed by atoms with Crippen LogP contribution in [0.5, 0.6) is 0 Å². The molecule has 0 fully saturated rings. The Hall–Kier alpha value is -1.04. The Kier molecular flexibility index (Phi) is 2.40. The summed E-state index contributed by atoms with van der Waals surface area (Å²) in [7, 11) is 0. The third-order valence-corrected chi connectivity index (χ3v) is 1.75. The summed E-state index contributed by atoms with van der Waals surface area (Å²) in [5.74, 6) is 0.240. The topological polar surface area (TPSA) is 0 Å². The largest absolute Gasteiger partial charge is 0.103 e. The monoisotopic (exact) mass is 147 g/mol. The molecule has 0 heterocycles. The minimum atomic E-state index is -0.201. The molecule has 58 valence electrons. The molecule has 0 aliphatic heterocycles. The molecule has 0 heteroatoms. The molecule has 1 rings (SSSR count). The minimum Gasteiger partial charge on any atom is -0.103 e. The fraction of sp³-hybridized carbons (Fsp3) is 0.273. The van der Waals surface area contributed by atoms with Crippen molar-refractivity contribution in [3.8, 4) is 0 Å². The maximum Gasteiger partial charge on any atom is 0.0316 e. The van der Waals surface area contributed by atoms with Crippen molar-refractivity contribution in [1.82, 2.24) is 0 Å². The van der Waals surface area contributed by atoms with E-state index in [0.717, 1.165) is 0 Å². The molecular formula is C11H14. The lowest BCUT2D eigenvalue weighted by Crippen LogP contribution is -1.89. The SMILES string of the molecule is [2H][C@@H](C=C)[C@@H](C)c1ccccc1. The lowest BCUT2D eigenvalue weighted by molar-refractivity contribution is 0.782. The van der Waals surface area contributed by atoms with Crippen molar-refractivity contribution in [2.45, 2.75) is 19.2 Å². The Bertz CT molecular complexity index is 240. The first-order chi connectivity index (χ1) is 5.75. The van der Waals surface area contributed by atoms with Gasteiger partial charge in [-0.05, 0) is 17.9 Å². The zero-order valence-corrected chi connectivity index (χ0v) is 6.83. The third-order valence-electron chi connectivity index (χ3n) is 1.75. The summed E-state index contributed by atoms with van der Waals surface area (Å²) < 4.78 is 7.65. The van der Waals surface area contributed by atoms with Crippen LogP contribution in [0.15, 0.2) is 43.0 Å². The maximum atomic E-state index is 7.65. The van der Waals surface area contributed by atoms with E-state index < -0.39 is 0 Å². The summed E-state index contributed by atoms with van der Waals surface area (Å²) in [5, 5.41) is 0. The van der Waals surface area contributed by atoms with Crippen molar-refractivity contribution < 1.29 is 1.37 Å². The zero-order chi connectivity index (χ0) is 8.97. The summed E-state index contributed by atoms with van der Waals surface area (Å²) in [4.78, 5) is 0. The molecule has 0 bridgehead atoms. The van der Waals surface area contributed by atoms with E-state index in [4.69, 9.17) is 1.37 Å². The summed E-state index contributed by atoms with van der Waals surface area (Å²) in [6.07, 6.45) is 1.48.